The van der Waals surface area contributed by atoms with Gasteiger partial charge in [0.15, 0.2) is 0 Å². The molecule has 3 amide bonds. The number of hydrogen-bond donors (Lipinski definition) is 2. The molecule has 2 aromatic rings. The number of fused-ring (bicyclic) bond motifs is 2. The summed E-state index contributed by atoms with van der Waals surface area (Å²) in [5.74, 6) is -3.66. The quantitative estimate of drug-likeness (QED) is 0.335. The number of rotatable bonds is 6. The molecule has 7 atom stereocenters. The first kappa shape index (κ1) is 35.5. The summed E-state index contributed by atoms with van der Waals surface area (Å²) in [5, 5.41) is 14.0. The Bertz CT molecular complexity index is 1650. The number of esters is 1. The number of benzene rings is 2. The first-order chi connectivity index (χ1) is 23.8. The number of aliphatic hydroxyl groups excluding tert-OH is 1. The van der Waals surface area contributed by atoms with Crippen molar-refractivity contribution in [3.8, 4) is 0 Å². The first-order valence-electron chi connectivity index (χ1n) is 17.6. The van der Waals surface area contributed by atoms with Gasteiger partial charge in [-0.15, -0.1) is 0 Å². The Labute approximate surface area is 294 Å². The van der Waals surface area contributed by atoms with Crippen LogP contribution in [0, 0.1) is 17.3 Å². The summed E-state index contributed by atoms with van der Waals surface area (Å²) in [5.41, 5.74) is -0.788. The van der Waals surface area contributed by atoms with Gasteiger partial charge in [0.1, 0.15) is 18.2 Å². The molecular formula is C40H49N3O7. The summed E-state index contributed by atoms with van der Waals surface area (Å²) in [6, 6.07) is 15.7. The van der Waals surface area contributed by atoms with E-state index in [1.807, 2.05) is 91.6 Å². The summed E-state index contributed by atoms with van der Waals surface area (Å²) < 4.78 is 12.5. The largest absolute Gasteiger partial charge is 0.463 e. The van der Waals surface area contributed by atoms with Gasteiger partial charge in [0, 0.05) is 18.5 Å². The molecule has 6 rings (SSSR count). The maximum absolute atomic E-state index is 15.2. The van der Waals surface area contributed by atoms with Crippen molar-refractivity contribution in [3.63, 3.8) is 0 Å². The van der Waals surface area contributed by atoms with Crippen LogP contribution < -0.4 is 5.32 Å². The van der Waals surface area contributed by atoms with Crippen LogP contribution in [0.2, 0.25) is 0 Å². The Kier molecular flexibility index (Phi) is 9.81. The van der Waals surface area contributed by atoms with Crippen LogP contribution in [-0.2, 0) is 28.7 Å². The zero-order valence-corrected chi connectivity index (χ0v) is 29.6. The molecule has 0 radical (unpaired) electrons. The molecule has 0 aliphatic carbocycles. The number of hydrogen-bond acceptors (Lipinski definition) is 7. The molecule has 2 fully saturated rings. The number of nitrogens with one attached hydrogen (secondary N) is 1. The van der Waals surface area contributed by atoms with Gasteiger partial charge in [-0.1, -0.05) is 106 Å². The third-order valence-electron chi connectivity index (χ3n) is 10.4. The molecule has 50 heavy (non-hydrogen) atoms. The van der Waals surface area contributed by atoms with Gasteiger partial charge in [0.25, 0.3) is 0 Å². The molecule has 2 aromatic carbocycles. The number of nitrogens with zero attached hydrogens (tertiary/aromatic N) is 2. The van der Waals surface area contributed by atoms with Gasteiger partial charge in [-0.05, 0) is 43.2 Å². The smallest absolute Gasteiger partial charge is 0.306 e. The molecule has 266 valence electrons. The van der Waals surface area contributed by atoms with Gasteiger partial charge in [-0.2, -0.15) is 0 Å². The predicted molar refractivity (Wildman–Crippen MR) is 187 cm³/mol. The third-order valence-corrected chi connectivity index (χ3v) is 10.4. The van der Waals surface area contributed by atoms with Crippen LogP contribution >= 0.6 is 0 Å². The predicted octanol–water partition coefficient (Wildman–Crippen LogP) is 4.66. The molecule has 4 heterocycles. The van der Waals surface area contributed by atoms with Crippen LogP contribution in [-0.4, -0.2) is 81.6 Å². The molecule has 10 nitrogen and oxygen atoms in total. The van der Waals surface area contributed by atoms with Gasteiger partial charge in [0.2, 0.25) is 17.7 Å². The number of allylic oxidation sites excluding steroid dienone is 1. The van der Waals surface area contributed by atoms with Crippen LogP contribution in [0.1, 0.15) is 77.1 Å². The molecule has 0 saturated carbocycles. The van der Waals surface area contributed by atoms with E-state index in [4.69, 9.17) is 9.47 Å². The number of carbonyl (C=O) groups is 4. The van der Waals surface area contributed by atoms with E-state index >= 15 is 9.59 Å². The van der Waals surface area contributed by atoms with Crippen molar-refractivity contribution in [1.29, 1.82) is 0 Å². The van der Waals surface area contributed by atoms with Crippen LogP contribution in [0.15, 0.2) is 85.0 Å². The summed E-state index contributed by atoms with van der Waals surface area (Å²) in [7, 11) is 0. The SMILES string of the molecule is CC(C)(C)CC(C)(C)N1CC=C[C@@]23O[C@H]4/C=C\CCC(=O)OC[C@H](c5ccccc5)NC(=O)[C@H]4[C@@H]2C(=O)N([C@H](CO)c2ccccc2)[C@H]3C1=O. The second kappa shape index (κ2) is 13.8. The lowest BCUT2D eigenvalue weighted by Gasteiger charge is -2.45. The Morgan fingerprint density at radius 2 is 1.62 bits per heavy atom. The molecule has 10 heteroatoms. The highest BCUT2D eigenvalue weighted by Crippen LogP contribution is 2.55. The highest BCUT2D eigenvalue weighted by atomic mass is 16.5. The average molecular weight is 684 g/mol. The minimum Gasteiger partial charge on any atom is -0.463 e. The Morgan fingerprint density at radius 3 is 2.28 bits per heavy atom. The third kappa shape index (κ3) is 6.63. The van der Waals surface area contributed by atoms with Gasteiger partial charge in [-0.25, -0.2) is 0 Å². The maximum atomic E-state index is 15.2. The van der Waals surface area contributed by atoms with Crippen molar-refractivity contribution in [3.05, 3.63) is 96.1 Å². The van der Waals surface area contributed by atoms with E-state index in [2.05, 4.69) is 26.1 Å². The zero-order chi connectivity index (χ0) is 35.8. The fourth-order valence-corrected chi connectivity index (χ4v) is 8.68. The lowest BCUT2D eigenvalue weighted by atomic mass is 9.77. The highest BCUT2D eigenvalue weighted by Gasteiger charge is 2.72. The van der Waals surface area contributed by atoms with E-state index in [0.717, 1.165) is 5.56 Å². The summed E-state index contributed by atoms with van der Waals surface area (Å²) >= 11 is 0. The second-order valence-electron chi connectivity index (χ2n) is 15.7. The molecule has 1 spiro atoms. The van der Waals surface area contributed by atoms with Crippen molar-refractivity contribution in [2.45, 2.75) is 89.3 Å². The molecule has 0 bridgehead atoms. The minimum atomic E-state index is -1.51. The van der Waals surface area contributed by atoms with Crippen LogP contribution in [0.4, 0.5) is 0 Å². The van der Waals surface area contributed by atoms with Gasteiger partial charge >= 0.3 is 5.97 Å². The van der Waals surface area contributed by atoms with Crippen molar-refractivity contribution >= 4 is 23.7 Å². The maximum Gasteiger partial charge on any atom is 0.306 e. The standard InChI is InChI=1S/C40H49N3O7/c1-38(2,3)25-39(4,5)42-22-14-21-40-33(36(47)43(34(40)37(42)48)29(23-44)27-17-10-7-11-18-27)32-30(50-40)19-12-13-20-31(45)49-24-28(41-35(32)46)26-15-8-6-9-16-26/h6-12,14-19,21,28-30,32-34,44H,13,20,22-25H2,1-5H3,(H,41,46)/b19-12-/t28-,29-,30+,32-,33-,34+,40-/m1/s1. The van der Waals surface area contributed by atoms with E-state index in [0.29, 0.717) is 24.9 Å². The average Bonchev–Trinajstić information content (AvgIpc) is 3.45. The Balaban J connectivity index is 1.48. The number of amides is 3. The van der Waals surface area contributed by atoms with Crippen molar-refractivity contribution in [2.75, 3.05) is 19.8 Å². The number of likely N-dealkylation sites (tertiary alicyclic amines) is 1. The number of aliphatic hydroxyl groups is 1. The molecule has 2 saturated heterocycles. The fourth-order valence-electron chi connectivity index (χ4n) is 8.68. The zero-order valence-electron chi connectivity index (χ0n) is 29.6. The van der Waals surface area contributed by atoms with E-state index in [9.17, 15) is 14.7 Å². The molecule has 2 N–H and O–H groups in total. The normalized spacial score (nSPS) is 30.2. The van der Waals surface area contributed by atoms with Crippen molar-refractivity contribution < 1.29 is 33.8 Å². The monoisotopic (exact) mass is 683 g/mol. The van der Waals surface area contributed by atoms with E-state index in [-0.39, 0.29) is 30.3 Å². The highest BCUT2D eigenvalue weighted by molar-refractivity contribution is 6.00. The van der Waals surface area contributed by atoms with Crippen molar-refractivity contribution in [2.24, 2.45) is 17.3 Å². The molecule has 0 aromatic heterocycles. The molecule has 4 aliphatic rings. The number of cyclic esters (lactones) is 1. The Morgan fingerprint density at radius 1 is 0.940 bits per heavy atom. The van der Waals surface area contributed by atoms with Crippen LogP contribution in [0.3, 0.4) is 0 Å². The molecule has 4 aliphatic heterocycles. The second-order valence-corrected chi connectivity index (χ2v) is 15.7. The van der Waals surface area contributed by atoms with E-state index in [1.165, 1.54) is 4.90 Å². The molecular weight excluding hydrogens is 634 g/mol. The summed E-state index contributed by atoms with van der Waals surface area (Å²) in [6.45, 7) is 10.2. The van der Waals surface area contributed by atoms with Crippen molar-refractivity contribution in [1.82, 2.24) is 15.1 Å². The van der Waals surface area contributed by atoms with Crippen LogP contribution in [0.25, 0.3) is 0 Å². The van der Waals surface area contributed by atoms with E-state index < -0.39 is 65.6 Å². The Hall–Kier alpha value is -4.28. The topological polar surface area (TPSA) is 125 Å². The first-order valence-corrected chi connectivity index (χ1v) is 17.6. The lowest BCUT2D eigenvalue weighted by molar-refractivity contribution is -0.155. The van der Waals surface area contributed by atoms with Gasteiger partial charge in [0.05, 0.1) is 36.6 Å². The summed E-state index contributed by atoms with van der Waals surface area (Å²) in [6.07, 6.45) is 7.54. The van der Waals surface area contributed by atoms with Gasteiger partial charge < -0.3 is 29.7 Å². The minimum absolute atomic E-state index is 0.0775. The van der Waals surface area contributed by atoms with Crippen LogP contribution in [0.5, 0.6) is 0 Å². The summed E-state index contributed by atoms with van der Waals surface area (Å²) in [4.78, 5) is 60.7. The fraction of sp³-hybridized carbons (Fsp3) is 0.500. The van der Waals surface area contributed by atoms with E-state index in [1.54, 1.807) is 12.2 Å². The van der Waals surface area contributed by atoms with Gasteiger partial charge in [-0.3, -0.25) is 19.2 Å². The number of carbonyl (C=O) groups excluding carboxylic acids is 4. The molecule has 0 unspecified atom stereocenters. The lowest BCUT2D eigenvalue weighted by Crippen LogP contribution is -2.60. The number of ether oxygens (including phenoxy) is 2.